The molecule has 21 heavy (non-hydrogen) atoms. The Hall–Kier alpha value is -1.49. The molecule has 3 rings (SSSR count). The largest absolute Gasteiger partial charge is 0.503 e. The summed E-state index contributed by atoms with van der Waals surface area (Å²) < 4.78 is 1.91. The Morgan fingerprint density at radius 2 is 2.00 bits per heavy atom. The van der Waals surface area contributed by atoms with E-state index in [0.717, 1.165) is 24.3 Å². The smallest absolute Gasteiger partial charge is 0.223 e. The van der Waals surface area contributed by atoms with Gasteiger partial charge in [0.25, 0.3) is 0 Å². The highest BCUT2D eigenvalue weighted by atomic mass is 35.5. The van der Waals surface area contributed by atoms with Crippen LogP contribution in [0.15, 0.2) is 35.3 Å². The van der Waals surface area contributed by atoms with Crippen molar-refractivity contribution in [2.75, 3.05) is 6.54 Å². The molecule has 0 amide bonds. The lowest BCUT2D eigenvalue weighted by Crippen LogP contribution is -2.34. The van der Waals surface area contributed by atoms with Gasteiger partial charge in [0.15, 0.2) is 5.75 Å². The van der Waals surface area contributed by atoms with Crippen molar-refractivity contribution in [3.05, 3.63) is 62.0 Å². The van der Waals surface area contributed by atoms with Gasteiger partial charge in [-0.3, -0.25) is 9.69 Å². The molecule has 6 heteroatoms. The molecule has 0 bridgehead atoms. The molecule has 2 heterocycles. The predicted molar refractivity (Wildman–Crippen MR) is 82.9 cm³/mol. The first kappa shape index (κ1) is 14.4. The van der Waals surface area contributed by atoms with Gasteiger partial charge in [0.05, 0.1) is 6.20 Å². The lowest BCUT2D eigenvalue weighted by atomic mass is 10.1. The van der Waals surface area contributed by atoms with Crippen LogP contribution in [0.5, 0.6) is 5.75 Å². The molecular formula is C15H14Cl2N2O2. The average Bonchev–Trinajstić information content (AvgIpc) is 2.43. The number of halogens is 2. The highest BCUT2D eigenvalue weighted by Crippen LogP contribution is 2.24. The lowest BCUT2D eigenvalue weighted by Gasteiger charge is -2.30. The van der Waals surface area contributed by atoms with Crippen molar-refractivity contribution in [1.82, 2.24) is 9.47 Å². The van der Waals surface area contributed by atoms with Crippen molar-refractivity contribution in [3.8, 4) is 5.75 Å². The molecular weight excluding hydrogens is 311 g/mol. The molecule has 4 nitrogen and oxygen atoms in total. The summed E-state index contributed by atoms with van der Waals surface area (Å²) in [4.78, 5) is 13.7. The van der Waals surface area contributed by atoms with Crippen LogP contribution in [0.3, 0.4) is 0 Å². The minimum absolute atomic E-state index is 0.201. The molecule has 0 radical (unpaired) electrons. The number of pyridine rings is 1. The van der Waals surface area contributed by atoms with Crippen LogP contribution in [0.25, 0.3) is 0 Å². The van der Waals surface area contributed by atoms with E-state index in [-0.39, 0.29) is 11.2 Å². The Labute approximate surface area is 132 Å². The molecule has 0 fully saturated rings. The van der Waals surface area contributed by atoms with E-state index in [1.54, 1.807) is 6.07 Å². The van der Waals surface area contributed by atoms with Crippen molar-refractivity contribution < 1.29 is 5.11 Å². The average molecular weight is 325 g/mol. The van der Waals surface area contributed by atoms with Crippen molar-refractivity contribution in [3.63, 3.8) is 0 Å². The van der Waals surface area contributed by atoms with E-state index in [0.29, 0.717) is 23.1 Å². The summed E-state index contributed by atoms with van der Waals surface area (Å²) in [6, 6.07) is 6.97. The quantitative estimate of drug-likeness (QED) is 0.923. The third-order valence-corrected chi connectivity index (χ3v) is 4.24. The molecule has 0 spiro atoms. The van der Waals surface area contributed by atoms with Crippen molar-refractivity contribution in [2.45, 2.75) is 19.6 Å². The summed E-state index contributed by atoms with van der Waals surface area (Å²) in [6.07, 6.45) is 1.50. The number of hydrogen-bond acceptors (Lipinski definition) is 3. The number of aromatic nitrogens is 1. The molecule has 1 aromatic heterocycles. The number of aromatic hydroxyl groups is 1. The minimum atomic E-state index is -0.340. The van der Waals surface area contributed by atoms with Gasteiger partial charge in [0, 0.05) is 48.0 Å². The van der Waals surface area contributed by atoms with Gasteiger partial charge in [-0.1, -0.05) is 29.3 Å². The zero-order chi connectivity index (χ0) is 15.0. The number of hydrogen-bond donors (Lipinski definition) is 1. The third-order valence-electron chi connectivity index (χ3n) is 3.65. The molecule has 1 aliphatic rings. The molecule has 1 aliphatic heterocycles. The van der Waals surface area contributed by atoms with Gasteiger partial charge in [0.1, 0.15) is 0 Å². The highest BCUT2D eigenvalue weighted by molar-refractivity contribution is 6.35. The van der Waals surface area contributed by atoms with Crippen molar-refractivity contribution in [1.29, 1.82) is 0 Å². The first-order valence-electron chi connectivity index (χ1n) is 6.61. The van der Waals surface area contributed by atoms with Crippen LogP contribution < -0.4 is 5.43 Å². The highest BCUT2D eigenvalue weighted by Gasteiger charge is 2.17. The van der Waals surface area contributed by atoms with E-state index < -0.39 is 0 Å². The van der Waals surface area contributed by atoms with Gasteiger partial charge < -0.3 is 9.67 Å². The van der Waals surface area contributed by atoms with Crippen LogP contribution >= 0.6 is 23.2 Å². The first-order chi connectivity index (χ1) is 10.0. The Kier molecular flexibility index (Phi) is 3.93. The van der Waals surface area contributed by atoms with Gasteiger partial charge >= 0.3 is 0 Å². The van der Waals surface area contributed by atoms with E-state index in [1.807, 2.05) is 16.7 Å². The fourth-order valence-corrected chi connectivity index (χ4v) is 3.00. The Morgan fingerprint density at radius 1 is 1.19 bits per heavy atom. The monoisotopic (exact) mass is 324 g/mol. The molecule has 0 unspecified atom stereocenters. The van der Waals surface area contributed by atoms with Crippen molar-refractivity contribution in [2.24, 2.45) is 0 Å². The van der Waals surface area contributed by atoms with Gasteiger partial charge in [0.2, 0.25) is 5.43 Å². The maximum absolute atomic E-state index is 11.5. The second-order valence-electron chi connectivity index (χ2n) is 5.15. The van der Waals surface area contributed by atoms with Crippen molar-refractivity contribution >= 4 is 23.2 Å². The van der Waals surface area contributed by atoms with E-state index in [4.69, 9.17) is 23.2 Å². The van der Waals surface area contributed by atoms with Gasteiger partial charge in [-0.2, -0.15) is 0 Å². The molecule has 0 aliphatic carbocycles. The number of rotatable bonds is 2. The van der Waals surface area contributed by atoms with E-state index in [9.17, 15) is 9.90 Å². The fourth-order valence-electron chi connectivity index (χ4n) is 2.53. The molecule has 0 atom stereocenters. The molecule has 1 aromatic carbocycles. The third kappa shape index (κ3) is 3.07. The zero-order valence-corrected chi connectivity index (χ0v) is 12.7. The number of nitrogens with zero attached hydrogens (tertiary/aromatic N) is 2. The number of benzene rings is 1. The molecule has 1 N–H and O–H groups in total. The first-order valence-corrected chi connectivity index (χ1v) is 7.37. The SMILES string of the molecule is O=c1cc2n(cc1O)CCN(Cc1ccc(Cl)cc1Cl)C2. The van der Waals surface area contributed by atoms with Crippen LogP contribution in [0, 0.1) is 0 Å². The van der Waals surface area contributed by atoms with E-state index in [1.165, 1.54) is 12.3 Å². The Bertz CT molecular complexity index is 743. The fraction of sp³-hybridized carbons (Fsp3) is 0.267. The number of fused-ring (bicyclic) bond motifs is 1. The summed E-state index contributed by atoms with van der Waals surface area (Å²) in [5, 5.41) is 10.7. The standard InChI is InChI=1S/C15H14Cl2N2O2/c16-11-2-1-10(13(17)5-11)7-18-3-4-19-9-15(21)14(20)6-12(19)8-18/h1-2,5-6,9,21H,3-4,7-8H2. The van der Waals surface area contributed by atoms with E-state index in [2.05, 4.69) is 4.90 Å². The van der Waals surface area contributed by atoms with E-state index >= 15 is 0 Å². The zero-order valence-electron chi connectivity index (χ0n) is 11.2. The van der Waals surface area contributed by atoms with Gasteiger partial charge in [-0.25, -0.2) is 0 Å². The summed E-state index contributed by atoms with van der Waals surface area (Å²) >= 11 is 12.1. The second kappa shape index (κ2) is 5.72. The van der Waals surface area contributed by atoms with Gasteiger partial charge in [-0.05, 0) is 17.7 Å². The van der Waals surface area contributed by atoms with Crippen LogP contribution in [0.2, 0.25) is 10.0 Å². The summed E-state index contributed by atoms with van der Waals surface area (Å²) in [7, 11) is 0. The summed E-state index contributed by atoms with van der Waals surface area (Å²) in [5.41, 5.74) is 1.57. The molecule has 0 saturated carbocycles. The van der Waals surface area contributed by atoms with Crippen LogP contribution in [0.4, 0.5) is 0 Å². The van der Waals surface area contributed by atoms with Crippen LogP contribution in [-0.2, 0) is 19.6 Å². The summed E-state index contributed by atoms with van der Waals surface area (Å²) in [5.74, 6) is -0.201. The molecule has 0 saturated heterocycles. The van der Waals surface area contributed by atoms with Gasteiger partial charge in [-0.15, -0.1) is 0 Å². The lowest BCUT2D eigenvalue weighted by molar-refractivity contribution is 0.210. The molecule has 2 aromatic rings. The predicted octanol–water partition coefficient (Wildman–Crippen LogP) is 2.88. The van der Waals surface area contributed by atoms with Crippen LogP contribution in [-0.4, -0.2) is 21.1 Å². The Morgan fingerprint density at radius 3 is 2.76 bits per heavy atom. The maximum Gasteiger partial charge on any atom is 0.223 e. The Balaban J connectivity index is 1.80. The topological polar surface area (TPSA) is 45.5 Å². The minimum Gasteiger partial charge on any atom is -0.503 e. The normalized spacial score (nSPS) is 15.0. The second-order valence-corrected chi connectivity index (χ2v) is 6.00. The molecule has 110 valence electrons. The maximum atomic E-state index is 11.5. The summed E-state index contributed by atoms with van der Waals surface area (Å²) in [6.45, 7) is 2.90. The van der Waals surface area contributed by atoms with Crippen LogP contribution in [0.1, 0.15) is 11.3 Å².